The van der Waals surface area contributed by atoms with E-state index in [2.05, 4.69) is 44.4 Å². The molecule has 4 nitrogen and oxygen atoms in total. The monoisotopic (exact) mass is 843 g/mol. The molecule has 4 aliphatic rings. The SMILES string of the molecule is [CH-]1CCCC1.[CH-]1CCCC1.[CH2-]CCO.[CH2-]CN(CCOCCCC1[CH-]CCC1)CCOCCCC1C[CH-]CC1.[Fe+2].[Fe+2].[W+2]. The van der Waals surface area contributed by atoms with Gasteiger partial charge in [-0.1, -0.05) is 63.7 Å². The number of hydrogen-bond acceptors (Lipinski definition) is 4. The summed E-state index contributed by atoms with van der Waals surface area (Å²) >= 11 is 0. The molecule has 4 aliphatic carbocycles. The van der Waals surface area contributed by atoms with Crippen LogP contribution in [0.2, 0.25) is 0 Å². The Bertz CT molecular complexity index is 418. The van der Waals surface area contributed by atoms with Crippen LogP contribution in [0.15, 0.2) is 0 Å². The Morgan fingerprint density at radius 3 is 1.62 bits per heavy atom. The number of aliphatic hydroxyl groups excluding tert-OH is 1. The summed E-state index contributed by atoms with van der Waals surface area (Å²) in [6.45, 7) is 13.8. The van der Waals surface area contributed by atoms with Crippen molar-refractivity contribution in [2.75, 3.05) is 52.7 Å². The molecule has 0 saturated heterocycles. The molecule has 0 aromatic rings. The molecular weight excluding hydrogens is 778 g/mol. The van der Waals surface area contributed by atoms with E-state index in [-0.39, 0.29) is 61.8 Å². The fourth-order valence-corrected chi connectivity index (χ4v) is 5.49. The molecule has 4 fully saturated rings. The zero-order chi connectivity index (χ0) is 28.1. The zero-order valence-electron chi connectivity index (χ0n) is 26.8. The van der Waals surface area contributed by atoms with Crippen molar-refractivity contribution in [1.82, 2.24) is 4.90 Å². The number of rotatable bonds is 16. The molecule has 4 saturated carbocycles. The molecule has 0 bridgehead atoms. The second-order valence-corrected chi connectivity index (χ2v) is 11.5. The Balaban J connectivity index is -0.000000733. The van der Waals surface area contributed by atoms with Gasteiger partial charge in [0, 0.05) is 32.9 Å². The average Bonchev–Trinajstić information content (AvgIpc) is 3.81. The molecule has 0 aromatic heterocycles. The number of ether oxygens (including phenoxy) is 2. The minimum atomic E-state index is 0. The normalized spacial score (nSPS) is 20.6. The molecule has 0 spiro atoms. The summed E-state index contributed by atoms with van der Waals surface area (Å²) in [5.74, 6) is 1.80. The Hall–Kier alpha value is 1.57. The van der Waals surface area contributed by atoms with Crippen LogP contribution in [0.1, 0.15) is 122 Å². The molecule has 250 valence electrons. The van der Waals surface area contributed by atoms with Gasteiger partial charge in [-0.05, 0) is 12.8 Å². The maximum Gasteiger partial charge on any atom is 2.00 e. The maximum atomic E-state index is 7.81. The molecule has 1 N–H and O–H groups in total. The molecule has 2 unspecified atom stereocenters. The number of aliphatic hydroxyl groups is 1. The average molecular weight is 843 g/mol. The Morgan fingerprint density at radius 1 is 0.690 bits per heavy atom. The Kier molecular flexibility index (Phi) is 44.3. The van der Waals surface area contributed by atoms with E-state index >= 15 is 0 Å². The standard InChI is InChI=1S/C22H40NO2.2C5H9.C3H7O.2Fe.W/c1-2-23(15-19-24-17-7-13-21-9-3-4-10-21)16-20-25-18-8-14-22-11-5-6-12-22;2*1-2-4-5-3-1;1-2-3-4;;;/h3,11,21-22H,1-2,4-10,12-20H2;2*1H,2-5H2;4H,1-3H2;;;/q-3;3*-1;3*+2. The number of nitrogens with zero attached hydrogens (tertiary/aromatic N) is 1. The molecular formula is C35H65Fe2NO3W. The third-order valence-electron chi connectivity index (χ3n) is 8.03. The maximum absolute atomic E-state index is 7.81. The van der Waals surface area contributed by atoms with E-state index in [0.29, 0.717) is 6.42 Å². The van der Waals surface area contributed by atoms with Crippen LogP contribution in [0.25, 0.3) is 0 Å². The molecule has 2 atom stereocenters. The van der Waals surface area contributed by atoms with Crippen LogP contribution in [-0.4, -0.2) is 62.7 Å². The van der Waals surface area contributed by atoms with Crippen LogP contribution < -0.4 is 0 Å². The predicted molar refractivity (Wildman–Crippen MR) is 168 cm³/mol. The largest absolute Gasteiger partial charge is 2.00 e. The Labute approximate surface area is 299 Å². The molecule has 4 rings (SSSR count). The first-order valence-electron chi connectivity index (χ1n) is 16.7. The summed E-state index contributed by atoms with van der Waals surface area (Å²) < 4.78 is 11.6. The summed E-state index contributed by atoms with van der Waals surface area (Å²) in [6.07, 6.45) is 34.8. The van der Waals surface area contributed by atoms with Crippen molar-refractivity contribution in [2.45, 2.75) is 122 Å². The summed E-state index contributed by atoms with van der Waals surface area (Å²) in [6, 6.07) is 0. The third kappa shape index (κ3) is 31.5. The van der Waals surface area contributed by atoms with Gasteiger partial charge in [0.15, 0.2) is 0 Å². The van der Waals surface area contributed by atoms with E-state index in [0.717, 1.165) is 57.9 Å². The summed E-state index contributed by atoms with van der Waals surface area (Å²) in [5, 5.41) is 7.81. The van der Waals surface area contributed by atoms with Crippen molar-refractivity contribution in [1.29, 1.82) is 0 Å². The van der Waals surface area contributed by atoms with Crippen LogP contribution in [-0.2, 0) is 64.7 Å². The summed E-state index contributed by atoms with van der Waals surface area (Å²) in [5.41, 5.74) is 0. The van der Waals surface area contributed by atoms with Gasteiger partial charge in [-0.15, -0.1) is 6.54 Å². The minimum absolute atomic E-state index is 0. The van der Waals surface area contributed by atoms with E-state index in [4.69, 9.17) is 14.6 Å². The molecule has 42 heavy (non-hydrogen) atoms. The van der Waals surface area contributed by atoms with Gasteiger partial charge >= 0.3 is 55.2 Å². The fraction of sp³-hybridized carbons (Fsp3) is 0.829. The van der Waals surface area contributed by atoms with Gasteiger partial charge in [0.1, 0.15) is 0 Å². The van der Waals surface area contributed by atoms with Crippen LogP contribution in [0.4, 0.5) is 0 Å². The quantitative estimate of drug-likeness (QED) is 0.0964. The zero-order valence-corrected chi connectivity index (χ0v) is 31.9. The van der Waals surface area contributed by atoms with Crippen LogP contribution in [0.3, 0.4) is 0 Å². The molecule has 7 heteroatoms. The smallest absolute Gasteiger partial charge is 0.399 e. The fourth-order valence-electron chi connectivity index (χ4n) is 5.49. The second kappa shape index (κ2) is 38.7. The minimum Gasteiger partial charge on any atom is -0.399 e. The summed E-state index contributed by atoms with van der Waals surface area (Å²) in [4.78, 5) is 2.33. The number of hydrogen-bond donors (Lipinski definition) is 1. The first kappa shape index (κ1) is 48.0. The van der Waals surface area contributed by atoms with Crippen molar-refractivity contribution >= 4 is 0 Å². The topological polar surface area (TPSA) is 41.9 Å². The predicted octanol–water partition coefficient (Wildman–Crippen LogP) is 8.45. The van der Waals surface area contributed by atoms with E-state index < -0.39 is 0 Å². The van der Waals surface area contributed by atoms with E-state index in [1.165, 1.54) is 116 Å². The van der Waals surface area contributed by atoms with Crippen molar-refractivity contribution in [3.8, 4) is 0 Å². The Morgan fingerprint density at radius 2 is 1.24 bits per heavy atom. The van der Waals surface area contributed by atoms with E-state index in [1.54, 1.807) is 0 Å². The van der Waals surface area contributed by atoms with Crippen molar-refractivity contribution in [3.63, 3.8) is 0 Å². The first-order valence-corrected chi connectivity index (χ1v) is 16.7. The van der Waals surface area contributed by atoms with Gasteiger partial charge in [-0.3, -0.25) is 0 Å². The van der Waals surface area contributed by atoms with Crippen molar-refractivity contribution in [3.05, 3.63) is 39.5 Å². The van der Waals surface area contributed by atoms with Gasteiger partial charge in [-0.25, -0.2) is 0 Å². The van der Waals surface area contributed by atoms with Gasteiger partial charge in [0.2, 0.25) is 0 Å². The summed E-state index contributed by atoms with van der Waals surface area (Å²) in [7, 11) is 0. The molecule has 0 aliphatic heterocycles. The first-order chi connectivity index (χ1) is 19.3. The van der Waals surface area contributed by atoms with E-state index in [1.807, 2.05) is 0 Å². The van der Waals surface area contributed by atoms with Gasteiger partial charge in [0.25, 0.3) is 0 Å². The van der Waals surface area contributed by atoms with E-state index in [9.17, 15) is 0 Å². The molecule has 0 heterocycles. The molecule has 0 aromatic carbocycles. The van der Waals surface area contributed by atoms with Crippen LogP contribution >= 0.6 is 0 Å². The van der Waals surface area contributed by atoms with Crippen LogP contribution in [0.5, 0.6) is 0 Å². The molecule has 0 amide bonds. The van der Waals surface area contributed by atoms with Crippen LogP contribution in [0, 0.1) is 51.4 Å². The van der Waals surface area contributed by atoms with Gasteiger partial charge < -0.3 is 59.0 Å². The van der Waals surface area contributed by atoms with Crippen molar-refractivity contribution < 1.29 is 69.8 Å². The molecule has 0 radical (unpaired) electrons. The van der Waals surface area contributed by atoms with Gasteiger partial charge in [0.05, 0.1) is 13.2 Å². The third-order valence-corrected chi connectivity index (χ3v) is 8.03. The van der Waals surface area contributed by atoms with Crippen molar-refractivity contribution in [2.24, 2.45) is 11.8 Å². The van der Waals surface area contributed by atoms with Gasteiger partial charge in [-0.2, -0.15) is 57.3 Å². The second-order valence-electron chi connectivity index (χ2n) is 11.5.